The van der Waals surface area contributed by atoms with Crippen LogP contribution in [0.3, 0.4) is 0 Å². The largest absolute Gasteiger partial charge is 0.380 e. The summed E-state index contributed by atoms with van der Waals surface area (Å²) in [5, 5.41) is -0.659. The van der Waals surface area contributed by atoms with Crippen LogP contribution in [0.1, 0.15) is 28.8 Å². The Kier molecular flexibility index (Phi) is 4.82. The first kappa shape index (κ1) is 15.5. The standard InChI is InChI=1S/C13H16BrNO4S/c1-9-5-10(7-11(14)6-9)13(16)15-20(17,18)12-3-2-4-19-8-12/h5-7,12H,2-4,8H2,1H3,(H,15,16). The molecule has 1 saturated heterocycles. The number of sulfonamides is 1. The molecule has 0 aliphatic carbocycles. The zero-order chi connectivity index (χ0) is 14.8. The molecule has 0 bridgehead atoms. The van der Waals surface area contributed by atoms with Crippen molar-refractivity contribution in [2.24, 2.45) is 0 Å². The van der Waals surface area contributed by atoms with Gasteiger partial charge in [-0.05, 0) is 43.5 Å². The van der Waals surface area contributed by atoms with E-state index in [1.807, 2.05) is 13.0 Å². The molecule has 0 spiro atoms. The molecule has 1 atom stereocenters. The van der Waals surface area contributed by atoms with E-state index in [2.05, 4.69) is 20.7 Å². The zero-order valence-corrected chi connectivity index (χ0v) is 13.5. The Morgan fingerprint density at radius 3 is 2.75 bits per heavy atom. The Morgan fingerprint density at radius 2 is 2.15 bits per heavy atom. The van der Waals surface area contributed by atoms with Gasteiger partial charge in [-0.15, -0.1) is 0 Å². The van der Waals surface area contributed by atoms with E-state index >= 15 is 0 Å². The van der Waals surface area contributed by atoms with Crippen molar-refractivity contribution in [3.63, 3.8) is 0 Å². The van der Waals surface area contributed by atoms with E-state index in [0.717, 1.165) is 10.0 Å². The maximum absolute atomic E-state index is 12.1. The number of aryl methyl sites for hydroxylation is 1. The molecule has 0 saturated carbocycles. The number of halogens is 1. The minimum absolute atomic E-state index is 0.139. The van der Waals surface area contributed by atoms with Crippen molar-refractivity contribution >= 4 is 31.9 Å². The summed E-state index contributed by atoms with van der Waals surface area (Å²) < 4.78 is 32.3. The van der Waals surface area contributed by atoms with Crippen LogP contribution in [0, 0.1) is 6.92 Å². The molecule has 1 aliphatic rings. The molecule has 1 aliphatic heterocycles. The lowest BCUT2D eigenvalue weighted by Gasteiger charge is -2.22. The third-order valence-corrected chi connectivity index (χ3v) is 5.27. The van der Waals surface area contributed by atoms with E-state index in [1.54, 1.807) is 12.1 Å². The second-order valence-corrected chi connectivity index (χ2v) is 7.71. The minimum atomic E-state index is -3.70. The molecule has 5 nitrogen and oxygen atoms in total. The summed E-state index contributed by atoms with van der Waals surface area (Å²) in [5.74, 6) is -0.611. The molecule has 1 amide bonds. The summed E-state index contributed by atoms with van der Waals surface area (Å²) >= 11 is 3.29. The van der Waals surface area contributed by atoms with Crippen molar-refractivity contribution in [3.8, 4) is 0 Å². The fraction of sp³-hybridized carbons (Fsp3) is 0.462. The molecular weight excluding hydrogens is 346 g/mol. The van der Waals surface area contributed by atoms with Crippen LogP contribution in [0.25, 0.3) is 0 Å². The van der Waals surface area contributed by atoms with E-state index in [1.165, 1.54) is 0 Å². The zero-order valence-electron chi connectivity index (χ0n) is 11.1. The van der Waals surface area contributed by atoms with E-state index in [-0.39, 0.29) is 6.61 Å². The number of amides is 1. The number of carbonyl (C=O) groups is 1. The Balaban J connectivity index is 2.13. The number of rotatable bonds is 3. The van der Waals surface area contributed by atoms with Gasteiger partial charge in [0, 0.05) is 16.6 Å². The van der Waals surface area contributed by atoms with Gasteiger partial charge in [0.15, 0.2) is 0 Å². The number of hydrogen-bond donors (Lipinski definition) is 1. The third-order valence-electron chi connectivity index (χ3n) is 3.10. The van der Waals surface area contributed by atoms with Crippen molar-refractivity contribution in [2.45, 2.75) is 25.0 Å². The van der Waals surface area contributed by atoms with Gasteiger partial charge in [-0.3, -0.25) is 4.79 Å². The molecule has 2 rings (SSSR count). The summed E-state index contributed by atoms with van der Waals surface area (Å²) in [5.41, 5.74) is 1.19. The van der Waals surface area contributed by atoms with Gasteiger partial charge in [-0.25, -0.2) is 13.1 Å². The maximum atomic E-state index is 12.1. The lowest BCUT2D eigenvalue weighted by Crippen LogP contribution is -2.42. The van der Waals surface area contributed by atoms with E-state index < -0.39 is 21.2 Å². The van der Waals surface area contributed by atoms with Crippen LogP contribution in [-0.2, 0) is 14.8 Å². The lowest BCUT2D eigenvalue weighted by molar-refractivity contribution is 0.0953. The summed E-state index contributed by atoms with van der Waals surface area (Å²) in [6.45, 7) is 2.55. The van der Waals surface area contributed by atoms with Crippen LogP contribution in [0.4, 0.5) is 0 Å². The monoisotopic (exact) mass is 361 g/mol. The van der Waals surface area contributed by atoms with Gasteiger partial charge in [0.05, 0.1) is 6.61 Å². The number of ether oxygens (including phenoxy) is 1. The molecule has 7 heteroatoms. The molecule has 0 aromatic heterocycles. The summed E-state index contributed by atoms with van der Waals surface area (Å²) in [6.07, 6.45) is 1.20. The van der Waals surface area contributed by atoms with Gasteiger partial charge in [0.1, 0.15) is 5.25 Å². The van der Waals surface area contributed by atoms with Crippen LogP contribution in [0.15, 0.2) is 22.7 Å². The van der Waals surface area contributed by atoms with Gasteiger partial charge in [-0.2, -0.15) is 0 Å². The van der Waals surface area contributed by atoms with Gasteiger partial charge in [-0.1, -0.05) is 15.9 Å². The molecule has 1 N–H and O–H groups in total. The number of hydrogen-bond acceptors (Lipinski definition) is 4. The molecule has 1 aromatic carbocycles. The summed E-state index contributed by atoms with van der Waals surface area (Å²) in [4.78, 5) is 12.1. The van der Waals surface area contributed by atoms with Gasteiger partial charge in [0.2, 0.25) is 10.0 Å². The summed E-state index contributed by atoms with van der Waals surface area (Å²) in [6, 6.07) is 5.09. The first-order chi connectivity index (χ1) is 9.38. The highest BCUT2D eigenvalue weighted by Crippen LogP contribution is 2.17. The van der Waals surface area contributed by atoms with Crippen LogP contribution < -0.4 is 4.72 Å². The Hall–Kier alpha value is -0.920. The van der Waals surface area contributed by atoms with Crippen molar-refractivity contribution in [2.75, 3.05) is 13.2 Å². The number of nitrogens with one attached hydrogen (secondary N) is 1. The number of carbonyl (C=O) groups excluding carboxylic acids is 1. The van der Waals surface area contributed by atoms with Crippen LogP contribution >= 0.6 is 15.9 Å². The predicted molar refractivity (Wildman–Crippen MR) is 79.1 cm³/mol. The molecule has 1 heterocycles. The summed E-state index contributed by atoms with van der Waals surface area (Å²) in [7, 11) is -3.70. The normalized spacial score (nSPS) is 19.6. The highest BCUT2D eigenvalue weighted by Gasteiger charge is 2.29. The fourth-order valence-corrected chi connectivity index (χ4v) is 4.00. The van der Waals surface area contributed by atoms with Gasteiger partial charge < -0.3 is 4.74 Å². The average molecular weight is 362 g/mol. The SMILES string of the molecule is Cc1cc(Br)cc(C(=O)NS(=O)(=O)C2CCCOC2)c1. The molecule has 0 radical (unpaired) electrons. The highest BCUT2D eigenvalue weighted by atomic mass is 79.9. The highest BCUT2D eigenvalue weighted by molar-refractivity contribution is 9.10. The topological polar surface area (TPSA) is 72.5 Å². The van der Waals surface area contributed by atoms with Crippen LogP contribution in [-0.4, -0.2) is 32.8 Å². The third kappa shape index (κ3) is 3.80. The van der Waals surface area contributed by atoms with Crippen molar-refractivity contribution in [1.82, 2.24) is 4.72 Å². The maximum Gasteiger partial charge on any atom is 0.264 e. The predicted octanol–water partition coefficient (Wildman–Crippen LogP) is 2.00. The average Bonchev–Trinajstić information content (AvgIpc) is 2.38. The number of benzene rings is 1. The molecule has 1 aromatic rings. The van der Waals surface area contributed by atoms with E-state index in [4.69, 9.17) is 4.74 Å². The van der Waals surface area contributed by atoms with Gasteiger partial charge >= 0.3 is 0 Å². The quantitative estimate of drug-likeness (QED) is 0.893. The van der Waals surface area contributed by atoms with Gasteiger partial charge in [0.25, 0.3) is 5.91 Å². The minimum Gasteiger partial charge on any atom is -0.380 e. The second-order valence-electron chi connectivity index (χ2n) is 4.83. The lowest BCUT2D eigenvalue weighted by atomic mass is 10.1. The molecule has 20 heavy (non-hydrogen) atoms. The van der Waals surface area contributed by atoms with E-state index in [0.29, 0.717) is 25.0 Å². The molecule has 1 fully saturated rings. The molecular formula is C13H16BrNO4S. The van der Waals surface area contributed by atoms with Crippen molar-refractivity contribution < 1.29 is 17.9 Å². The first-order valence-electron chi connectivity index (χ1n) is 6.29. The Bertz CT molecular complexity index is 589. The smallest absolute Gasteiger partial charge is 0.264 e. The van der Waals surface area contributed by atoms with Crippen molar-refractivity contribution in [3.05, 3.63) is 33.8 Å². The fourth-order valence-electron chi connectivity index (χ4n) is 2.09. The Labute approximate surface area is 126 Å². The van der Waals surface area contributed by atoms with Crippen LogP contribution in [0.5, 0.6) is 0 Å². The van der Waals surface area contributed by atoms with E-state index in [9.17, 15) is 13.2 Å². The van der Waals surface area contributed by atoms with Crippen LogP contribution in [0.2, 0.25) is 0 Å². The second kappa shape index (κ2) is 6.24. The molecule has 110 valence electrons. The molecule has 1 unspecified atom stereocenters. The first-order valence-corrected chi connectivity index (χ1v) is 8.63. The van der Waals surface area contributed by atoms with Crippen molar-refractivity contribution in [1.29, 1.82) is 0 Å². The Morgan fingerprint density at radius 1 is 1.40 bits per heavy atom.